The lowest BCUT2D eigenvalue weighted by atomic mass is 10.0. The van der Waals surface area contributed by atoms with Crippen LogP contribution in [0.3, 0.4) is 0 Å². The third kappa shape index (κ3) is 7.80. The van der Waals surface area contributed by atoms with E-state index < -0.39 is 0 Å². The number of benzene rings is 2. The minimum absolute atomic E-state index is 0. The summed E-state index contributed by atoms with van der Waals surface area (Å²) in [5.41, 5.74) is 2.34. The number of ether oxygens (including phenoxy) is 1. The van der Waals surface area contributed by atoms with Crippen LogP contribution in [0.25, 0.3) is 0 Å². The van der Waals surface area contributed by atoms with Crippen molar-refractivity contribution in [3.05, 3.63) is 65.7 Å². The van der Waals surface area contributed by atoms with Gasteiger partial charge in [0.15, 0.2) is 5.96 Å². The molecule has 0 atom stereocenters. The monoisotopic (exact) mass is 522 g/mol. The fourth-order valence-electron chi connectivity index (χ4n) is 3.62. The molecule has 1 aliphatic rings. The summed E-state index contributed by atoms with van der Waals surface area (Å²) in [6.45, 7) is 8.13. The molecule has 164 valence electrons. The summed E-state index contributed by atoms with van der Waals surface area (Å²) in [6.07, 6.45) is 2.31. The molecule has 0 unspecified atom stereocenters. The van der Waals surface area contributed by atoms with Gasteiger partial charge >= 0.3 is 0 Å². The van der Waals surface area contributed by atoms with Crippen molar-refractivity contribution in [1.82, 2.24) is 15.5 Å². The van der Waals surface area contributed by atoms with Gasteiger partial charge in [0.2, 0.25) is 0 Å². The average Bonchev–Trinajstić information content (AvgIpc) is 2.76. The molecule has 0 bridgehead atoms. The van der Waals surface area contributed by atoms with Crippen molar-refractivity contribution >= 4 is 29.9 Å². The van der Waals surface area contributed by atoms with E-state index in [2.05, 4.69) is 58.6 Å². The van der Waals surface area contributed by atoms with Gasteiger partial charge in [-0.3, -0.25) is 4.99 Å². The topological polar surface area (TPSA) is 48.9 Å². The van der Waals surface area contributed by atoms with Crippen LogP contribution in [0.2, 0.25) is 0 Å². The second kappa shape index (κ2) is 12.8. The summed E-state index contributed by atoms with van der Waals surface area (Å²) < 4.78 is 5.94. The molecule has 0 aliphatic carbocycles. The summed E-state index contributed by atoms with van der Waals surface area (Å²) in [7, 11) is 1.83. The Kier molecular flexibility index (Phi) is 10.4. The Balaban J connectivity index is 0.00000320. The van der Waals surface area contributed by atoms with Crippen molar-refractivity contribution < 1.29 is 4.74 Å². The average molecular weight is 522 g/mol. The minimum atomic E-state index is 0. The molecule has 2 aromatic rings. The summed E-state index contributed by atoms with van der Waals surface area (Å²) >= 11 is 0. The Labute approximate surface area is 198 Å². The van der Waals surface area contributed by atoms with Crippen LogP contribution in [0.15, 0.2) is 59.6 Å². The van der Waals surface area contributed by atoms with E-state index in [0.29, 0.717) is 25.2 Å². The van der Waals surface area contributed by atoms with E-state index in [1.807, 2.05) is 37.4 Å². The number of likely N-dealkylation sites (tertiary alicyclic amines) is 1. The number of rotatable bonds is 7. The Morgan fingerprint density at radius 2 is 1.77 bits per heavy atom. The number of nitrogens with zero attached hydrogens (tertiary/aromatic N) is 2. The number of hydrogen-bond donors (Lipinski definition) is 2. The van der Waals surface area contributed by atoms with Gasteiger partial charge in [-0.15, -0.1) is 24.0 Å². The first-order valence-electron chi connectivity index (χ1n) is 10.6. The maximum atomic E-state index is 5.94. The van der Waals surface area contributed by atoms with Crippen molar-refractivity contribution in [2.75, 3.05) is 20.1 Å². The van der Waals surface area contributed by atoms with Gasteiger partial charge in [0.25, 0.3) is 0 Å². The number of nitrogens with one attached hydrogen (secondary N) is 2. The van der Waals surface area contributed by atoms with Crippen LogP contribution in [0, 0.1) is 0 Å². The van der Waals surface area contributed by atoms with Crippen LogP contribution in [-0.4, -0.2) is 43.1 Å². The molecule has 2 aromatic carbocycles. The number of guanidine groups is 1. The highest BCUT2D eigenvalue weighted by Gasteiger charge is 2.21. The summed E-state index contributed by atoms with van der Waals surface area (Å²) in [5, 5.41) is 7.02. The molecule has 0 aromatic heterocycles. The molecule has 0 spiro atoms. The molecule has 2 N–H and O–H groups in total. The molecule has 1 saturated heterocycles. The van der Waals surface area contributed by atoms with E-state index in [9.17, 15) is 0 Å². The molecule has 1 aliphatic heterocycles. The highest BCUT2D eigenvalue weighted by molar-refractivity contribution is 14.0. The Bertz CT molecular complexity index is 774. The Morgan fingerprint density at radius 3 is 2.43 bits per heavy atom. The SMILES string of the molecule is CN=C(NCc1cccc(OCc2ccccc2)c1)NC1CCN(C(C)C)CC1.I. The van der Waals surface area contributed by atoms with Gasteiger partial charge in [-0.2, -0.15) is 0 Å². The van der Waals surface area contributed by atoms with Gasteiger partial charge < -0.3 is 20.3 Å². The maximum absolute atomic E-state index is 5.94. The van der Waals surface area contributed by atoms with Crippen LogP contribution in [-0.2, 0) is 13.2 Å². The molecule has 6 heteroatoms. The minimum Gasteiger partial charge on any atom is -0.489 e. The van der Waals surface area contributed by atoms with E-state index >= 15 is 0 Å². The van der Waals surface area contributed by atoms with Crippen LogP contribution >= 0.6 is 24.0 Å². The zero-order chi connectivity index (χ0) is 20.5. The van der Waals surface area contributed by atoms with Gasteiger partial charge in [-0.25, -0.2) is 0 Å². The maximum Gasteiger partial charge on any atom is 0.191 e. The van der Waals surface area contributed by atoms with Gasteiger partial charge in [-0.1, -0.05) is 42.5 Å². The third-order valence-corrected chi connectivity index (χ3v) is 5.43. The molecule has 1 fully saturated rings. The number of piperidine rings is 1. The molecule has 5 nitrogen and oxygen atoms in total. The van der Waals surface area contributed by atoms with Crippen LogP contribution in [0.5, 0.6) is 5.75 Å². The second-order valence-electron chi connectivity index (χ2n) is 7.90. The predicted octanol–water partition coefficient (Wildman–Crippen LogP) is 4.42. The molecule has 0 saturated carbocycles. The highest BCUT2D eigenvalue weighted by Crippen LogP contribution is 2.16. The standard InChI is InChI=1S/C24H34N4O.HI/c1-19(2)28-14-12-22(13-15-28)27-24(25-3)26-17-21-10-7-11-23(16-21)29-18-20-8-5-4-6-9-20;/h4-11,16,19,22H,12-15,17-18H2,1-3H3,(H2,25,26,27);1H. The first-order chi connectivity index (χ1) is 14.1. The largest absolute Gasteiger partial charge is 0.489 e. The van der Waals surface area contributed by atoms with E-state index in [0.717, 1.165) is 37.6 Å². The summed E-state index contributed by atoms with van der Waals surface area (Å²) in [6, 6.07) is 19.6. The Morgan fingerprint density at radius 1 is 1.07 bits per heavy atom. The lowest BCUT2D eigenvalue weighted by Gasteiger charge is -2.35. The van der Waals surface area contributed by atoms with Crippen LogP contribution in [0.1, 0.15) is 37.8 Å². The van der Waals surface area contributed by atoms with E-state index in [-0.39, 0.29) is 24.0 Å². The van der Waals surface area contributed by atoms with Crippen LogP contribution in [0.4, 0.5) is 0 Å². The molecular formula is C24H35IN4O. The fourth-order valence-corrected chi connectivity index (χ4v) is 3.62. The van der Waals surface area contributed by atoms with Crippen molar-refractivity contribution in [3.8, 4) is 5.75 Å². The van der Waals surface area contributed by atoms with Crippen molar-refractivity contribution in [2.45, 2.75) is 51.9 Å². The molecule has 1 heterocycles. The number of hydrogen-bond acceptors (Lipinski definition) is 3. The quantitative estimate of drug-likeness (QED) is 0.321. The lowest BCUT2D eigenvalue weighted by Crippen LogP contribution is -2.49. The fraction of sp³-hybridized carbons (Fsp3) is 0.458. The smallest absolute Gasteiger partial charge is 0.191 e. The zero-order valence-corrected chi connectivity index (χ0v) is 20.6. The number of halogens is 1. The first kappa shape index (κ1) is 24.5. The summed E-state index contributed by atoms with van der Waals surface area (Å²) in [4.78, 5) is 6.94. The molecule has 0 amide bonds. The zero-order valence-electron chi connectivity index (χ0n) is 18.3. The summed E-state index contributed by atoms with van der Waals surface area (Å²) in [5.74, 6) is 1.75. The van der Waals surface area contributed by atoms with Gasteiger partial charge in [0.05, 0.1) is 0 Å². The molecular weight excluding hydrogens is 487 g/mol. The van der Waals surface area contributed by atoms with Crippen molar-refractivity contribution in [1.29, 1.82) is 0 Å². The third-order valence-electron chi connectivity index (χ3n) is 5.43. The van der Waals surface area contributed by atoms with E-state index in [4.69, 9.17) is 4.74 Å². The van der Waals surface area contributed by atoms with E-state index in [1.165, 1.54) is 11.1 Å². The second-order valence-corrected chi connectivity index (χ2v) is 7.90. The molecule has 3 rings (SSSR count). The van der Waals surface area contributed by atoms with Crippen molar-refractivity contribution in [2.24, 2.45) is 4.99 Å². The molecule has 30 heavy (non-hydrogen) atoms. The first-order valence-corrected chi connectivity index (χ1v) is 10.6. The van der Waals surface area contributed by atoms with Gasteiger partial charge in [0.1, 0.15) is 12.4 Å². The van der Waals surface area contributed by atoms with Crippen molar-refractivity contribution in [3.63, 3.8) is 0 Å². The van der Waals surface area contributed by atoms with E-state index in [1.54, 1.807) is 0 Å². The number of aliphatic imine (C=N–C) groups is 1. The normalized spacial score (nSPS) is 15.5. The van der Waals surface area contributed by atoms with Gasteiger partial charge in [0, 0.05) is 38.8 Å². The van der Waals surface area contributed by atoms with Gasteiger partial charge in [-0.05, 0) is 49.9 Å². The molecule has 0 radical (unpaired) electrons. The Hall–Kier alpha value is -1.80. The lowest BCUT2D eigenvalue weighted by molar-refractivity contribution is 0.167. The predicted molar refractivity (Wildman–Crippen MR) is 136 cm³/mol. The highest BCUT2D eigenvalue weighted by atomic mass is 127. The van der Waals surface area contributed by atoms with Crippen LogP contribution < -0.4 is 15.4 Å².